The van der Waals surface area contributed by atoms with Crippen LogP contribution in [0.5, 0.6) is 0 Å². The topological polar surface area (TPSA) is 0 Å². The standard InChI is InChI=1S/C10H21.Al.2H/c1-3-5-7-9-10-8-6-4-2;;;/h1,3-10H2,2H3;;;/q;+2;2*-1. The molecule has 0 bridgehead atoms. The summed E-state index contributed by atoms with van der Waals surface area (Å²) < 4.78 is 0. The smallest absolute Gasteiger partial charge is 1.00 e. The molecular formula is C10H23Al. The van der Waals surface area contributed by atoms with E-state index in [9.17, 15) is 0 Å². The minimum absolute atomic E-state index is 0. The van der Waals surface area contributed by atoms with Crippen LogP contribution in [0.4, 0.5) is 0 Å². The van der Waals surface area contributed by atoms with Gasteiger partial charge in [0.2, 0.25) is 0 Å². The Labute approximate surface area is 83.2 Å². The fourth-order valence-electron chi connectivity index (χ4n) is 1.28. The molecule has 0 saturated carbocycles. The van der Waals surface area contributed by atoms with Gasteiger partial charge in [-0.15, -0.1) is 0 Å². The molecule has 1 heteroatoms. The van der Waals surface area contributed by atoms with Gasteiger partial charge in [0, 0.05) is 0 Å². The van der Waals surface area contributed by atoms with E-state index in [2.05, 4.69) is 23.2 Å². The van der Waals surface area contributed by atoms with Gasteiger partial charge in [0.25, 0.3) is 0 Å². The Morgan fingerprint density at radius 2 is 1.27 bits per heavy atom. The van der Waals surface area contributed by atoms with Crippen molar-refractivity contribution in [1.82, 2.24) is 0 Å². The summed E-state index contributed by atoms with van der Waals surface area (Å²) in [5, 5.41) is 1.29. The first-order valence-corrected chi connectivity index (χ1v) is 5.93. The molecule has 0 radical (unpaired) electrons. The van der Waals surface area contributed by atoms with Crippen molar-refractivity contribution in [3.8, 4) is 0 Å². The Morgan fingerprint density at radius 3 is 1.73 bits per heavy atom. The first-order chi connectivity index (χ1) is 5.41. The van der Waals surface area contributed by atoms with Crippen molar-refractivity contribution in [2.45, 2.75) is 63.6 Å². The maximum Gasteiger partial charge on any atom is -1.00 e. The SMILES string of the molecule is CCCCCCCCC[CH2][Al+2].[H-].[H-]. The molecule has 0 amide bonds. The van der Waals surface area contributed by atoms with Crippen molar-refractivity contribution < 1.29 is 2.85 Å². The van der Waals surface area contributed by atoms with Gasteiger partial charge in [0.1, 0.15) is 0 Å². The minimum atomic E-state index is 0. The van der Waals surface area contributed by atoms with Gasteiger partial charge in [-0.25, -0.2) is 0 Å². The molecule has 0 nitrogen and oxygen atoms in total. The zero-order chi connectivity index (χ0) is 8.36. The Balaban J connectivity index is -0.000000500. The normalized spacial score (nSPS) is 10.5. The summed E-state index contributed by atoms with van der Waals surface area (Å²) in [7, 11) is 0. The third-order valence-corrected chi connectivity index (χ3v) is 2.47. The molecule has 0 heterocycles. The third-order valence-electron chi connectivity index (χ3n) is 2.06. The van der Waals surface area contributed by atoms with Crippen LogP contribution in [0, 0.1) is 0 Å². The zero-order valence-electron chi connectivity index (χ0n) is 9.94. The van der Waals surface area contributed by atoms with Crippen molar-refractivity contribution in [2.75, 3.05) is 0 Å². The van der Waals surface area contributed by atoms with E-state index in [1.165, 1.54) is 56.6 Å². The van der Waals surface area contributed by atoms with Gasteiger partial charge in [0.15, 0.2) is 0 Å². The summed E-state index contributed by atoms with van der Waals surface area (Å²) in [6.07, 6.45) is 11.5. The molecule has 0 saturated heterocycles. The molecule has 11 heavy (non-hydrogen) atoms. The Morgan fingerprint density at radius 1 is 0.818 bits per heavy atom. The molecule has 0 spiro atoms. The van der Waals surface area contributed by atoms with Crippen LogP contribution in [0.2, 0.25) is 5.28 Å². The van der Waals surface area contributed by atoms with Crippen LogP contribution in [0.3, 0.4) is 0 Å². The summed E-state index contributed by atoms with van der Waals surface area (Å²) in [6.45, 7) is 2.27. The van der Waals surface area contributed by atoms with E-state index in [0.717, 1.165) is 0 Å². The van der Waals surface area contributed by atoms with Crippen LogP contribution in [-0.2, 0) is 0 Å². The van der Waals surface area contributed by atoms with Crippen LogP contribution < -0.4 is 0 Å². The van der Waals surface area contributed by atoms with Gasteiger partial charge < -0.3 is 2.85 Å². The molecule has 0 aliphatic carbocycles. The summed E-state index contributed by atoms with van der Waals surface area (Å²) in [5.74, 6) is 0. The molecule has 0 aromatic rings. The maximum absolute atomic E-state index is 2.79. The molecular weight excluding hydrogens is 147 g/mol. The summed E-state index contributed by atoms with van der Waals surface area (Å²) in [4.78, 5) is 0. The maximum atomic E-state index is 2.79. The van der Waals surface area contributed by atoms with Gasteiger partial charge in [-0.05, 0) is 0 Å². The van der Waals surface area contributed by atoms with E-state index in [0.29, 0.717) is 0 Å². The second-order valence-corrected chi connectivity index (χ2v) is 3.84. The predicted molar refractivity (Wildman–Crippen MR) is 55.4 cm³/mol. The van der Waals surface area contributed by atoms with Crippen molar-refractivity contribution in [3.63, 3.8) is 0 Å². The Bertz CT molecular complexity index is 61.9. The Kier molecular flexibility index (Phi) is 11.0. The largest absolute Gasteiger partial charge is 1.00 e. The molecule has 66 valence electrons. The van der Waals surface area contributed by atoms with E-state index in [-0.39, 0.29) is 2.85 Å². The van der Waals surface area contributed by atoms with E-state index >= 15 is 0 Å². The Hall–Kier alpha value is 0.532. The molecule has 0 N–H and O–H groups in total. The van der Waals surface area contributed by atoms with Gasteiger partial charge in [-0.1, -0.05) is 0 Å². The summed E-state index contributed by atoms with van der Waals surface area (Å²) >= 11 is 2.79. The number of hydrogen-bond acceptors (Lipinski definition) is 0. The molecule has 0 aromatic heterocycles. The molecule has 0 rings (SSSR count). The van der Waals surface area contributed by atoms with Crippen molar-refractivity contribution >= 4 is 16.3 Å². The minimum Gasteiger partial charge on any atom is -1.00 e. The molecule has 0 aliphatic rings. The van der Waals surface area contributed by atoms with Crippen LogP contribution >= 0.6 is 0 Å². The summed E-state index contributed by atoms with van der Waals surface area (Å²) in [5.41, 5.74) is 0. The van der Waals surface area contributed by atoms with Gasteiger partial charge in [-0.2, -0.15) is 0 Å². The van der Waals surface area contributed by atoms with Crippen molar-refractivity contribution in [2.24, 2.45) is 0 Å². The van der Waals surface area contributed by atoms with Crippen LogP contribution in [0.1, 0.15) is 61.1 Å². The first kappa shape index (κ1) is 11.5. The molecule has 0 fully saturated rings. The van der Waals surface area contributed by atoms with Gasteiger partial charge >= 0.3 is 79.9 Å². The zero-order valence-corrected chi connectivity index (χ0v) is 9.10. The molecule has 0 atom stereocenters. The predicted octanol–water partition coefficient (Wildman–Crippen LogP) is 3.94. The van der Waals surface area contributed by atoms with E-state index in [1.54, 1.807) is 0 Å². The third kappa shape index (κ3) is 10.5. The average molecular weight is 170 g/mol. The number of hydrogen-bond donors (Lipinski definition) is 0. The number of rotatable bonds is 8. The fraction of sp³-hybridized carbons (Fsp3) is 1.00. The quantitative estimate of drug-likeness (QED) is 0.382. The van der Waals surface area contributed by atoms with E-state index in [4.69, 9.17) is 0 Å². The molecule has 0 unspecified atom stereocenters. The summed E-state index contributed by atoms with van der Waals surface area (Å²) in [6, 6.07) is 0. The monoisotopic (exact) mass is 170 g/mol. The number of unbranched alkanes of at least 4 members (excludes halogenated alkanes) is 7. The second kappa shape index (κ2) is 10.5. The molecule has 0 aliphatic heterocycles. The van der Waals surface area contributed by atoms with Crippen LogP contribution in [0.25, 0.3) is 0 Å². The van der Waals surface area contributed by atoms with Crippen molar-refractivity contribution in [3.05, 3.63) is 0 Å². The van der Waals surface area contributed by atoms with Crippen LogP contribution in [-0.4, -0.2) is 16.3 Å². The van der Waals surface area contributed by atoms with E-state index in [1.807, 2.05) is 0 Å². The van der Waals surface area contributed by atoms with Crippen molar-refractivity contribution in [1.29, 1.82) is 0 Å². The molecule has 0 aromatic carbocycles. The van der Waals surface area contributed by atoms with E-state index < -0.39 is 0 Å². The van der Waals surface area contributed by atoms with Gasteiger partial charge in [-0.3, -0.25) is 0 Å². The fourth-order valence-corrected chi connectivity index (χ4v) is 1.57. The average Bonchev–Trinajstić information content (AvgIpc) is 2.03. The van der Waals surface area contributed by atoms with Gasteiger partial charge in [0.05, 0.1) is 0 Å². The first-order valence-electron chi connectivity index (χ1n) is 5.12. The van der Waals surface area contributed by atoms with Crippen LogP contribution in [0.15, 0.2) is 0 Å². The second-order valence-electron chi connectivity index (χ2n) is 3.26.